The van der Waals surface area contributed by atoms with Crippen molar-refractivity contribution in [2.45, 2.75) is 12.8 Å². The fourth-order valence-electron chi connectivity index (χ4n) is 0.843. The Kier molecular flexibility index (Phi) is 4.05. The third-order valence-electron chi connectivity index (χ3n) is 1.54. The molecule has 1 rings (SSSR count). The smallest absolute Gasteiger partial charge is 0.341 e. The molecule has 0 unspecified atom stereocenters. The Morgan fingerprint density at radius 3 is 3.00 bits per heavy atom. The SMILES string of the molecule is O=C(OCCCCO)c1ccoc1. The van der Waals surface area contributed by atoms with E-state index in [1.165, 1.54) is 12.5 Å². The van der Waals surface area contributed by atoms with Crippen molar-refractivity contribution in [3.05, 3.63) is 24.2 Å². The minimum Gasteiger partial charge on any atom is -0.472 e. The molecule has 0 radical (unpaired) electrons. The number of esters is 1. The van der Waals surface area contributed by atoms with E-state index < -0.39 is 0 Å². The van der Waals surface area contributed by atoms with Gasteiger partial charge in [0.05, 0.1) is 18.4 Å². The number of furan rings is 1. The first-order chi connectivity index (χ1) is 6.34. The zero-order chi connectivity index (χ0) is 9.52. The summed E-state index contributed by atoms with van der Waals surface area (Å²) in [5.41, 5.74) is 0.420. The summed E-state index contributed by atoms with van der Waals surface area (Å²) in [7, 11) is 0. The Bertz CT molecular complexity index is 240. The third kappa shape index (κ3) is 3.29. The van der Waals surface area contributed by atoms with Crippen LogP contribution in [0.4, 0.5) is 0 Å². The molecule has 1 N–H and O–H groups in total. The second-order valence-electron chi connectivity index (χ2n) is 2.58. The zero-order valence-corrected chi connectivity index (χ0v) is 7.23. The molecule has 1 aromatic heterocycles. The average Bonchev–Trinajstić information content (AvgIpc) is 2.65. The minimum absolute atomic E-state index is 0.128. The molecular weight excluding hydrogens is 172 g/mol. The van der Waals surface area contributed by atoms with Crippen molar-refractivity contribution in [2.24, 2.45) is 0 Å². The average molecular weight is 184 g/mol. The van der Waals surface area contributed by atoms with Gasteiger partial charge in [-0.05, 0) is 18.9 Å². The number of rotatable bonds is 5. The molecule has 0 saturated carbocycles. The molecule has 0 aliphatic heterocycles. The number of carbonyl (C=O) groups is 1. The highest BCUT2D eigenvalue weighted by Gasteiger charge is 2.06. The molecule has 0 amide bonds. The summed E-state index contributed by atoms with van der Waals surface area (Å²) in [6, 6.07) is 1.55. The fourth-order valence-corrected chi connectivity index (χ4v) is 0.843. The molecule has 0 saturated heterocycles. The van der Waals surface area contributed by atoms with E-state index in [4.69, 9.17) is 14.3 Å². The van der Waals surface area contributed by atoms with Crippen LogP contribution < -0.4 is 0 Å². The molecule has 0 atom stereocenters. The molecule has 1 aromatic rings. The van der Waals surface area contributed by atoms with Gasteiger partial charge in [-0.15, -0.1) is 0 Å². The molecule has 0 spiro atoms. The molecule has 4 heteroatoms. The summed E-state index contributed by atoms with van der Waals surface area (Å²) in [6.07, 6.45) is 4.09. The maximum atomic E-state index is 11.1. The van der Waals surface area contributed by atoms with Crippen molar-refractivity contribution in [3.63, 3.8) is 0 Å². The number of aliphatic hydroxyl groups is 1. The predicted molar refractivity (Wildman–Crippen MR) is 45.3 cm³/mol. The van der Waals surface area contributed by atoms with Crippen LogP contribution in [0.3, 0.4) is 0 Å². The van der Waals surface area contributed by atoms with E-state index in [2.05, 4.69) is 0 Å². The second-order valence-corrected chi connectivity index (χ2v) is 2.58. The van der Waals surface area contributed by atoms with Gasteiger partial charge in [-0.3, -0.25) is 0 Å². The quantitative estimate of drug-likeness (QED) is 0.552. The van der Waals surface area contributed by atoms with Gasteiger partial charge in [0.25, 0.3) is 0 Å². The highest BCUT2D eigenvalue weighted by atomic mass is 16.5. The van der Waals surface area contributed by atoms with E-state index in [1.807, 2.05) is 0 Å². The summed E-state index contributed by atoms with van der Waals surface area (Å²) in [5, 5.41) is 8.46. The lowest BCUT2D eigenvalue weighted by Gasteiger charge is -2.00. The topological polar surface area (TPSA) is 59.7 Å². The van der Waals surface area contributed by atoms with E-state index in [-0.39, 0.29) is 12.6 Å². The maximum absolute atomic E-state index is 11.1. The molecule has 0 aromatic carbocycles. The van der Waals surface area contributed by atoms with E-state index in [0.717, 1.165) is 0 Å². The van der Waals surface area contributed by atoms with Gasteiger partial charge in [-0.1, -0.05) is 0 Å². The van der Waals surface area contributed by atoms with Crippen LogP contribution in [0.2, 0.25) is 0 Å². The molecule has 0 aliphatic carbocycles. The molecule has 72 valence electrons. The van der Waals surface area contributed by atoms with Gasteiger partial charge in [0.1, 0.15) is 6.26 Å². The van der Waals surface area contributed by atoms with E-state index in [9.17, 15) is 4.79 Å². The number of unbranched alkanes of at least 4 members (excludes halogenated alkanes) is 1. The van der Waals surface area contributed by atoms with Gasteiger partial charge in [0.2, 0.25) is 0 Å². The second kappa shape index (κ2) is 5.37. The van der Waals surface area contributed by atoms with Crippen molar-refractivity contribution in [1.82, 2.24) is 0 Å². The van der Waals surface area contributed by atoms with Gasteiger partial charge in [0, 0.05) is 6.61 Å². The lowest BCUT2D eigenvalue weighted by Crippen LogP contribution is -2.05. The first-order valence-electron chi connectivity index (χ1n) is 4.15. The standard InChI is InChI=1S/C9H12O4/c10-4-1-2-5-13-9(11)8-3-6-12-7-8/h3,6-7,10H,1-2,4-5H2. The number of hydrogen-bond donors (Lipinski definition) is 1. The summed E-state index contributed by atoms with van der Waals surface area (Å²) in [5.74, 6) is -0.383. The number of ether oxygens (including phenoxy) is 1. The van der Waals surface area contributed by atoms with Crippen molar-refractivity contribution >= 4 is 5.97 Å². The molecular formula is C9H12O4. The molecule has 0 aliphatic rings. The number of carbonyl (C=O) groups excluding carboxylic acids is 1. The van der Waals surface area contributed by atoms with Gasteiger partial charge >= 0.3 is 5.97 Å². The Hall–Kier alpha value is -1.29. The molecule has 13 heavy (non-hydrogen) atoms. The van der Waals surface area contributed by atoms with E-state index in [1.54, 1.807) is 6.07 Å². The summed E-state index contributed by atoms with van der Waals surface area (Å²) in [6.45, 7) is 0.466. The highest BCUT2D eigenvalue weighted by molar-refractivity contribution is 5.88. The summed E-state index contributed by atoms with van der Waals surface area (Å²) in [4.78, 5) is 11.1. The minimum atomic E-state index is -0.383. The van der Waals surface area contributed by atoms with E-state index >= 15 is 0 Å². The Morgan fingerprint density at radius 2 is 2.38 bits per heavy atom. The number of hydrogen-bond acceptors (Lipinski definition) is 4. The van der Waals surface area contributed by atoms with Crippen LogP contribution in [-0.4, -0.2) is 24.3 Å². The van der Waals surface area contributed by atoms with Crippen molar-refractivity contribution in [2.75, 3.05) is 13.2 Å². The molecule has 4 nitrogen and oxygen atoms in total. The third-order valence-corrected chi connectivity index (χ3v) is 1.54. The van der Waals surface area contributed by atoms with Gasteiger partial charge in [0.15, 0.2) is 0 Å². The predicted octanol–water partition coefficient (Wildman–Crippen LogP) is 1.21. The lowest BCUT2D eigenvalue weighted by atomic mass is 10.3. The highest BCUT2D eigenvalue weighted by Crippen LogP contribution is 2.02. The van der Waals surface area contributed by atoms with Crippen molar-refractivity contribution < 1.29 is 19.1 Å². The van der Waals surface area contributed by atoms with Gasteiger partial charge < -0.3 is 14.3 Å². The summed E-state index contributed by atoms with van der Waals surface area (Å²) >= 11 is 0. The van der Waals surface area contributed by atoms with Crippen LogP contribution >= 0.6 is 0 Å². The largest absolute Gasteiger partial charge is 0.472 e. The van der Waals surface area contributed by atoms with Crippen LogP contribution in [-0.2, 0) is 4.74 Å². The van der Waals surface area contributed by atoms with Crippen LogP contribution in [0.5, 0.6) is 0 Å². The Morgan fingerprint density at radius 1 is 1.54 bits per heavy atom. The first-order valence-corrected chi connectivity index (χ1v) is 4.15. The van der Waals surface area contributed by atoms with Crippen molar-refractivity contribution in [1.29, 1.82) is 0 Å². The monoisotopic (exact) mass is 184 g/mol. The van der Waals surface area contributed by atoms with Crippen LogP contribution in [0.25, 0.3) is 0 Å². The number of aliphatic hydroxyl groups excluding tert-OH is 1. The van der Waals surface area contributed by atoms with Crippen LogP contribution in [0, 0.1) is 0 Å². The molecule has 0 fully saturated rings. The molecule has 1 heterocycles. The Balaban J connectivity index is 2.19. The normalized spacial score (nSPS) is 9.92. The summed E-state index contributed by atoms with van der Waals surface area (Å²) < 4.78 is 9.60. The lowest BCUT2D eigenvalue weighted by molar-refractivity contribution is 0.0492. The van der Waals surface area contributed by atoms with Crippen molar-refractivity contribution in [3.8, 4) is 0 Å². The zero-order valence-electron chi connectivity index (χ0n) is 7.23. The Labute approximate surface area is 76.1 Å². The van der Waals surface area contributed by atoms with Gasteiger partial charge in [-0.25, -0.2) is 4.79 Å². The fraction of sp³-hybridized carbons (Fsp3) is 0.444. The van der Waals surface area contributed by atoms with E-state index in [0.29, 0.717) is 25.0 Å². The van der Waals surface area contributed by atoms with Crippen LogP contribution in [0.15, 0.2) is 23.0 Å². The first kappa shape index (κ1) is 9.80. The molecule has 0 bridgehead atoms. The maximum Gasteiger partial charge on any atom is 0.341 e. The van der Waals surface area contributed by atoms with Crippen LogP contribution in [0.1, 0.15) is 23.2 Å². The van der Waals surface area contributed by atoms with Gasteiger partial charge in [-0.2, -0.15) is 0 Å².